The highest BCUT2D eigenvalue weighted by Crippen LogP contribution is 2.36. The van der Waals surface area contributed by atoms with Crippen LogP contribution in [0.1, 0.15) is 41.9 Å². The maximum absolute atomic E-state index is 12.5. The molecular formula is C19H23ClN4O3. The Balaban J connectivity index is 1.85. The van der Waals surface area contributed by atoms with Crippen molar-refractivity contribution in [2.45, 2.75) is 38.6 Å². The average molecular weight is 391 g/mol. The van der Waals surface area contributed by atoms with Crippen molar-refractivity contribution in [3.8, 4) is 11.5 Å². The molecule has 0 radical (unpaired) electrons. The Bertz CT molecular complexity index is 838. The second-order valence-electron chi connectivity index (χ2n) is 6.49. The quantitative estimate of drug-likeness (QED) is 0.778. The molecule has 1 aliphatic rings. The summed E-state index contributed by atoms with van der Waals surface area (Å²) in [5.41, 5.74) is 1.60. The molecule has 0 spiro atoms. The van der Waals surface area contributed by atoms with Crippen LogP contribution in [-0.2, 0) is 0 Å². The summed E-state index contributed by atoms with van der Waals surface area (Å²) in [6, 6.07) is 5.25. The van der Waals surface area contributed by atoms with Crippen LogP contribution in [-0.4, -0.2) is 36.1 Å². The van der Waals surface area contributed by atoms with Crippen LogP contribution in [0.3, 0.4) is 0 Å². The Hall–Kier alpha value is -2.54. The van der Waals surface area contributed by atoms with Crippen molar-refractivity contribution < 1.29 is 14.3 Å². The zero-order valence-electron chi connectivity index (χ0n) is 15.6. The molecule has 0 aliphatic heterocycles. The summed E-state index contributed by atoms with van der Waals surface area (Å²) in [7, 11) is 3.08. The van der Waals surface area contributed by atoms with Gasteiger partial charge in [0.1, 0.15) is 17.2 Å². The summed E-state index contributed by atoms with van der Waals surface area (Å²) >= 11 is 6.14. The van der Waals surface area contributed by atoms with Crippen LogP contribution >= 0.6 is 11.6 Å². The molecule has 1 heterocycles. The molecule has 7 nitrogen and oxygen atoms in total. The molecule has 27 heavy (non-hydrogen) atoms. The van der Waals surface area contributed by atoms with Crippen molar-refractivity contribution in [2.24, 2.45) is 0 Å². The van der Waals surface area contributed by atoms with Gasteiger partial charge >= 0.3 is 0 Å². The first-order valence-corrected chi connectivity index (χ1v) is 9.23. The van der Waals surface area contributed by atoms with E-state index in [1.54, 1.807) is 25.3 Å². The number of hydrogen-bond donors (Lipinski definition) is 2. The predicted molar refractivity (Wildman–Crippen MR) is 104 cm³/mol. The minimum absolute atomic E-state index is 0.184. The number of carbonyl (C=O) groups excluding carboxylic acids is 1. The molecule has 1 aromatic carbocycles. The number of nitrogens with one attached hydrogen (secondary N) is 2. The number of nitrogens with zero attached hydrogens (tertiary/aromatic N) is 2. The zero-order chi connectivity index (χ0) is 19.4. The lowest BCUT2D eigenvalue weighted by molar-refractivity contribution is 0.0932. The Morgan fingerprint density at radius 2 is 1.81 bits per heavy atom. The van der Waals surface area contributed by atoms with Gasteiger partial charge in [-0.05, 0) is 25.8 Å². The van der Waals surface area contributed by atoms with Crippen LogP contribution in [0.5, 0.6) is 11.5 Å². The van der Waals surface area contributed by atoms with Crippen molar-refractivity contribution in [3.05, 3.63) is 34.6 Å². The Labute approximate surface area is 163 Å². The lowest BCUT2D eigenvalue weighted by atomic mass is 10.2. The molecule has 1 amide bonds. The van der Waals surface area contributed by atoms with Gasteiger partial charge in [0.2, 0.25) is 5.95 Å². The molecular weight excluding hydrogens is 368 g/mol. The van der Waals surface area contributed by atoms with Crippen molar-refractivity contribution in [1.29, 1.82) is 0 Å². The van der Waals surface area contributed by atoms with Gasteiger partial charge in [0.05, 0.1) is 24.9 Å². The Morgan fingerprint density at radius 3 is 2.48 bits per heavy atom. The van der Waals surface area contributed by atoms with E-state index in [2.05, 4.69) is 20.6 Å². The van der Waals surface area contributed by atoms with Gasteiger partial charge in [0.15, 0.2) is 0 Å². The predicted octanol–water partition coefficient (Wildman–Crippen LogP) is 3.87. The Morgan fingerprint density at radius 1 is 1.11 bits per heavy atom. The number of halogens is 1. The van der Waals surface area contributed by atoms with Gasteiger partial charge in [0, 0.05) is 23.9 Å². The summed E-state index contributed by atoms with van der Waals surface area (Å²) in [5.74, 6) is 1.13. The number of aryl methyl sites for hydroxylation is 1. The fourth-order valence-corrected chi connectivity index (χ4v) is 3.38. The van der Waals surface area contributed by atoms with Crippen molar-refractivity contribution >= 4 is 29.1 Å². The first-order valence-electron chi connectivity index (χ1n) is 8.85. The lowest BCUT2D eigenvalue weighted by Crippen LogP contribution is -2.33. The summed E-state index contributed by atoms with van der Waals surface area (Å²) in [4.78, 5) is 21.3. The second-order valence-corrected chi connectivity index (χ2v) is 6.89. The van der Waals surface area contributed by atoms with Gasteiger partial charge in [-0.3, -0.25) is 4.79 Å². The van der Waals surface area contributed by atoms with E-state index in [0.717, 1.165) is 25.7 Å². The molecule has 0 atom stereocenters. The number of aromatic nitrogens is 2. The normalized spacial score (nSPS) is 14.1. The molecule has 1 aromatic heterocycles. The number of amides is 1. The third-order valence-electron chi connectivity index (χ3n) is 4.50. The van der Waals surface area contributed by atoms with Crippen LogP contribution in [0.15, 0.2) is 18.2 Å². The van der Waals surface area contributed by atoms with Gasteiger partial charge in [-0.2, -0.15) is 0 Å². The van der Waals surface area contributed by atoms with Gasteiger partial charge < -0.3 is 20.1 Å². The van der Waals surface area contributed by atoms with E-state index in [0.29, 0.717) is 39.5 Å². The summed E-state index contributed by atoms with van der Waals surface area (Å²) < 4.78 is 10.6. The highest BCUT2D eigenvalue weighted by molar-refractivity contribution is 6.32. The third kappa shape index (κ3) is 4.60. The first kappa shape index (κ1) is 19.2. The fourth-order valence-electron chi connectivity index (χ4n) is 3.15. The topological polar surface area (TPSA) is 85.4 Å². The molecule has 1 saturated carbocycles. The molecule has 8 heteroatoms. The number of anilines is 2. The van der Waals surface area contributed by atoms with Gasteiger partial charge in [0.25, 0.3) is 5.91 Å². The molecule has 0 saturated heterocycles. The monoisotopic (exact) mass is 390 g/mol. The number of ether oxygens (including phenoxy) is 2. The molecule has 0 bridgehead atoms. The van der Waals surface area contributed by atoms with Crippen LogP contribution in [0.4, 0.5) is 11.6 Å². The maximum Gasteiger partial charge on any atom is 0.270 e. The minimum Gasteiger partial charge on any atom is -0.495 e. The Kier molecular flexibility index (Phi) is 6.01. The van der Waals surface area contributed by atoms with Crippen LogP contribution < -0.4 is 20.1 Å². The molecule has 144 valence electrons. The van der Waals surface area contributed by atoms with E-state index < -0.39 is 0 Å². The van der Waals surface area contributed by atoms with Crippen LogP contribution in [0, 0.1) is 6.92 Å². The zero-order valence-corrected chi connectivity index (χ0v) is 16.4. The molecule has 0 unspecified atom stereocenters. The molecule has 3 rings (SSSR count). The van der Waals surface area contributed by atoms with Crippen molar-refractivity contribution in [3.63, 3.8) is 0 Å². The number of rotatable bonds is 6. The lowest BCUT2D eigenvalue weighted by Gasteiger charge is -2.15. The third-order valence-corrected chi connectivity index (χ3v) is 4.79. The van der Waals surface area contributed by atoms with E-state index in [1.807, 2.05) is 6.92 Å². The maximum atomic E-state index is 12.5. The van der Waals surface area contributed by atoms with E-state index in [-0.39, 0.29) is 11.9 Å². The highest BCUT2D eigenvalue weighted by atomic mass is 35.5. The van der Waals surface area contributed by atoms with Crippen molar-refractivity contribution in [2.75, 3.05) is 19.5 Å². The summed E-state index contributed by atoms with van der Waals surface area (Å²) in [6.07, 6.45) is 4.34. The van der Waals surface area contributed by atoms with E-state index in [4.69, 9.17) is 21.1 Å². The number of benzene rings is 1. The van der Waals surface area contributed by atoms with Gasteiger partial charge in [-0.25, -0.2) is 9.97 Å². The minimum atomic E-state index is -0.184. The number of methoxy groups -OCH3 is 2. The number of hydrogen-bond acceptors (Lipinski definition) is 6. The SMILES string of the molecule is COc1cc(Nc2nc(C)cc(C(=O)NC3CCCC3)n2)c(OC)cc1Cl. The van der Waals surface area contributed by atoms with Gasteiger partial charge in [-0.1, -0.05) is 24.4 Å². The van der Waals surface area contributed by atoms with E-state index in [1.165, 1.54) is 7.11 Å². The van der Waals surface area contributed by atoms with E-state index >= 15 is 0 Å². The molecule has 2 N–H and O–H groups in total. The summed E-state index contributed by atoms with van der Waals surface area (Å²) in [6.45, 7) is 1.82. The fraction of sp³-hybridized carbons (Fsp3) is 0.421. The van der Waals surface area contributed by atoms with Gasteiger partial charge in [-0.15, -0.1) is 0 Å². The smallest absolute Gasteiger partial charge is 0.270 e. The second kappa shape index (κ2) is 8.43. The molecule has 1 fully saturated rings. The van der Waals surface area contributed by atoms with Crippen LogP contribution in [0.25, 0.3) is 0 Å². The van der Waals surface area contributed by atoms with Crippen molar-refractivity contribution in [1.82, 2.24) is 15.3 Å². The number of carbonyl (C=O) groups is 1. The standard InChI is InChI=1S/C19H23ClN4O3/c1-11-8-15(18(25)22-12-6-4-5-7-12)24-19(21-11)23-14-10-16(26-2)13(20)9-17(14)27-3/h8-10,12H,4-7H2,1-3H3,(H,22,25)(H,21,23,24). The van der Waals surface area contributed by atoms with Crippen LogP contribution in [0.2, 0.25) is 5.02 Å². The van der Waals surface area contributed by atoms with E-state index in [9.17, 15) is 4.79 Å². The highest BCUT2D eigenvalue weighted by Gasteiger charge is 2.20. The first-order chi connectivity index (χ1) is 13.0. The average Bonchev–Trinajstić information content (AvgIpc) is 3.15. The molecule has 1 aliphatic carbocycles. The largest absolute Gasteiger partial charge is 0.495 e. The molecule has 2 aromatic rings. The summed E-state index contributed by atoms with van der Waals surface area (Å²) in [5, 5.41) is 6.56.